The summed E-state index contributed by atoms with van der Waals surface area (Å²) in [5, 5.41) is 0. The van der Waals surface area contributed by atoms with Gasteiger partial charge in [-0.25, -0.2) is 0 Å². The highest BCUT2D eigenvalue weighted by Crippen LogP contribution is 2.36. The van der Waals surface area contributed by atoms with Crippen molar-refractivity contribution in [1.82, 2.24) is 0 Å². The van der Waals surface area contributed by atoms with Crippen LogP contribution in [0, 0.1) is 11.8 Å². The lowest BCUT2D eigenvalue weighted by molar-refractivity contribution is -0.141. The van der Waals surface area contributed by atoms with E-state index in [1.54, 1.807) is 6.08 Å². The molecule has 1 saturated carbocycles. The van der Waals surface area contributed by atoms with Crippen LogP contribution in [0.2, 0.25) is 0 Å². The van der Waals surface area contributed by atoms with Gasteiger partial charge in [-0.05, 0) is 0 Å². The van der Waals surface area contributed by atoms with E-state index in [4.69, 9.17) is 0 Å². The molecule has 52 valence electrons. The van der Waals surface area contributed by atoms with E-state index in [9.17, 15) is 9.59 Å². The Hall–Kier alpha value is -0.920. The first-order valence-corrected chi connectivity index (χ1v) is 3.51. The molecule has 0 bridgehead atoms. The highest BCUT2D eigenvalue weighted by Gasteiger charge is 2.43. The fraction of sp³-hybridized carbons (Fsp3) is 0.500. The lowest BCUT2D eigenvalue weighted by atomic mass is 9.67. The van der Waals surface area contributed by atoms with Gasteiger partial charge in [-0.3, -0.25) is 9.59 Å². The molecular formula is C8H8O2. The molecular weight excluding hydrogens is 128 g/mol. The van der Waals surface area contributed by atoms with Gasteiger partial charge >= 0.3 is 0 Å². The predicted octanol–water partition coefficient (Wildman–Crippen LogP) is 0.721. The molecule has 0 heterocycles. The van der Waals surface area contributed by atoms with Crippen molar-refractivity contribution in [3.8, 4) is 0 Å². The van der Waals surface area contributed by atoms with Crippen molar-refractivity contribution in [1.29, 1.82) is 0 Å². The molecule has 2 aliphatic rings. The molecule has 0 aliphatic heterocycles. The maximum Gasteiger partial charge on any atom is 0.141 e. The average molecular weight is 136 g/mol. The van der Waals surface area contributed by atoms with Gasteiger partial charge in [-0.1, -0.05) is 12.2 Å². The molecule has 0 spiro atoms. The van der Waals surface area contributed by atoms with Crippen LogP contribution in [0.25, 0.3) is 0 Å². The quantitative estimate of drug-likeness (QED) is 0.460. The zero-order valence-corrected chi connectivity index (χ0v) is 5.54. The molecule has 2 aliphatic carbocycles. The van der Waals surface area contributed by atoms with Crippen molar-refractivity contribution in [3.63, 3.8) is 0 Å². The number of ketones is 2. The standard InChI is InChI=1S/C8H8O2/c9-7-3-1-2-5-6(7)4-8(5)10/h1-2,5-6H,3-4H2/t5-,6-/m0/s1. The third kappa shape index (κ3) is 0.589. The second-order valence-corrected chi connectivity index (χ2v) is 2.90. The van der Waals surface area contributed by atoms with Crippen LogP contribution >= 0.6 is 0 Å². The molecule has 2 atom stereocenters. The molecule has 2 heteroatoms. The second-order valence-electron chi connectivity index (χ2n) is 2.90. The van der Waals surface area contributed by atoms with Crippen LogP contribution in [0.5, 0.6) is 0 Å². The van der Waals surface area contributed by atoms with E-state index in [2.05, 4.69) is 0 Å². The van der Waals surface area contributed by atoms with Gasteiger partial charge in [0, 0.05) is 24.7 Å². The summed E-state index contributed by atoms with van der Waals surface area (Å²) in [6.07, 6.45) is 4.71. The van der Waals surface area contributed by atoms with E-state index in [0.717, 1.165) is 0 Å². The normalized spacial score (nSPS) is 37.2. The number of Topliss-reactive ketones (excluding diaryl/α,β-unsaturated/α-hetero) is 2. The van der Waals surface area contributed by atoms with Crippen molar-refractivity contribution in [3.05, 3.63) is 12.2 Å². The molecule has 0 aromatic rings. The van der Waals surface area contributed by atoms with Gasteiger partial charge in [0.1, 0.15) is 11.6 Å². The van der Waals surface area contributed by atoms with Crippen LogP contribution in [0.3, 0.4) is 0 Å². The van der Waals surface area contributed by atoms with Crippen LogP contribution in [0.15, 0.2) is 12.2 Å². The molecule has 1 fully saturated rings. The van der Waals surface area contributed by atoms with Crippen molar-refractivity contribution >= 4 is 11.6 Å². The van der Waals surface area contributed by atoms with Crippen molar-refractivity contribution in [2.24, 2.45) is 11.8 Å². The average Bonchev–Trinajstić information content (AvgIpc) is 1.91. The molecule has 0 saturated heterocycles. The third-order valence-corrected chi connectivity index (χ3v) is 2.30. The molecule has 0 unspecified atom stereocenters. The van der Waals surface area contributed by atoms with Crippen LogP contribution < -0.4 is 0 Å². The van der Waals surface area contributed by atoms with Gasteiger partial charge in [0.05, 0.1) is 0 Å². The molecule has 10 heavy (non-hydrogen) atoms. The van der Waals surface area contributed by atoms with E-state index in [1.807, 2.05) is 6.08 Å². The number of allylic oxidation sites excluding steroid dienone is 2. The van der Waals surface area contributed by atoms with Gasteiger partial charge in [0.15, 0.2) is 0 Å². The second kappa shape index (κ2) is 1.78. The Bertz CT molecular complexity index is 227. The van der Waals surface area contributed by atoms with Gasteiger partial charge in [-0.15, -0.1) is 0 Å². The summed E-state index contributed by atoms with van der Waals surface area (Å²) < 4.78 is 0. The fourth-order valence-electron chi connectivity index (χ4n) is 1.58. The minimum Gasteiger partial charge on any atom is -0.299 e. The summed E-state index contributed by atoms with van der Waals surface area (Å²) in [5.41, 5.74) is 0. The first-order valence-electron chi connectivity index (χ1n) is 3.51. The van der Waals surface area contributed by atoms with Crippen molar-refractivity contribution < 1.29 is 9.59 Å². The first kappa shape index (κ1) is 5.83. The summed E-state index contributed by atoms with van der Waals surface area (Å²) in [6, 6.07) is 0. The molecule has 0 N–H and O–H groups in total. The number of hydrogen-bond donors (Lipinski definition) is 0. The fourth-order valence-corrected chi connectivity index (χ4v) is 1.58. The third-order valence-electron chi connectivity index (χ3n) is 2.30. The summed E-state index contributed by atoms with van der Waals surface area (Å²) in [6.45, 7) is 0. The van der Waals surface area contributed by atoms with Crippen LogP contribution in [-0.4, -0.2) is 11.6 Å². The number of fused-ring (bicyclic) bond motifs is 1. The Morgan fingerprint density at radius 3 is 2.70 bits per heavy atom. The Morgan fingerprint density at radius 1 is 1.30 bits per heavy atom. The largest absolute Gasteiger partial charge is 0.299 e. The summed E-state index contributed by atoms with van der Waals surface area (Å²) >= 11 is 0. The van der Waals surface area contributed by atoms with Crippen LogP contribution in [0.4, 0.5) is 0 Å². The highest BCUT2D eigenvalue weighted by atomic mass is 16.1. The SMILES string of the molecule is O=C1C[C@@H]2C(=O)CC=C[C@H]12. The number of hydrogen-bond acceptors (Lipinski definition) is 2. The molecule has 2 nitrogen and oxygen atoms in total. The van der Waals surface area contributed by atoms with Crippen molar-refractivity contribution in [2.75, 3.05) is 0 Å². The summed E-state index contributed by atoms with van der Waals surface area (Å²) in [7, 11) is 0. The maximum atomic E-state index is 11.0. The van der Waals surface area contributed by atoms with Gasteiger partial charge < -0.3 is 0 Å². The van der Waals surface area contributed by atoms with E-state index >= 15 is 0 Å². The minimum absolute atomic E-state index is 0.0405. The molecule has 0 radical (unpaired) electrons. The molecule has 0 aromatic carbocycles. The number of carbonyl (C=O) groups is 2. The Balaban J connectivity index is 2.25. The zero-order valence-electron chi connectivity index (χ0n) is 5.54. The van der Waals surface area contributed by atoms with Gasteiger partial charge in [0.25, 0.3) is 0 Å². The predicted molar refractivity (Wildman–Crippen MR) is 35.4 cm³/mol. The lowest BCUT2D eigenvalue weighted by Gasteiger charge is -2.33. The van der Waals surface area contributed by atoms with Crippen molar-refractivity contribution in [2.45, 2.75) is 12.8 Å². The Kier molecular flexibility index (Phi) is 1.04. The molecule has 0 aromatic heterocycles. The smallest absolute Gasteiger partial charge is 0.141 e. The van der Waals surface area contributed by atoms with Gasteiger partial charge in [0.2, 0.25) is 0 Å². The van der Waals surface area contributed by atoms with Crippen LogP contribution in [-0.2, 0) is 9.59 Å². The van der Waals surface area contributed by atoms with Crippen LogP contribution in [0.1, 0.15) is 12.8 Å². The monoisotopic (exact) mass is 136 g/mol. The topological polar surface area (TPSA) is 34.1 Å². The zero-order chi connectivity index (χ0) is 7.14. The van der Waals surface area contributed by atoms with E-state index < -0.39 is 0 Å². The minimum atomic E-state index is -0.0405. The Labute approximate surface area is 58.9 Å². The highest BCUT2D eigenvalue weighted by molar-refractivity contribution is 6.01. The van der Waals surface area contributed by atoms with Gasteiger partial charge in [-0.2, -0.15) is 0 Å². The molecule has 2 rings (SSSR count). The van der Waals surface area contributed by atoms with E-state index in [0.29, 0.717) is 12.8 Å². The Morgan fingerprint density at radius 2 is 2.10 bits per heavy atom. The van der Waals surface area contributed by atoms with E-state index in [1.165, 1.54) is 0 Å². The summed E-state index contributed by atoms with van der Waals surface area (Å²) in [4.78, 5) is 21.8. The van der Waals surface area contributed by atoms with E-state index in [-0.39, 0.29) is 23.4 Å². The molecule has 0 amide bonds. The number of carbonyl (C=O) groups excluding carboxylic acids is 2. The first-order chi connectivity index (χ1) is 4.79. The summed E-state index contributed by atoms with van der Waals surface area (Å²) in [5.74, 6) is 0.486. The maximum absolute atomic E-state index is 11.0. The lowest BCUT2D eigenvalue weighted by Crippen LogP contribution is -2.42. The number of rotatable bonds is 0.